The van der Waals surface area contributed by atoms with Gasteiger partial charge >= 0.3 is 5.97 Å². The second-order valence-corrected chi connectivity index (χ2v) is 10.5. The molecule has 7 heteroatoms. The highest BCUT2D eigenvalue weighted by Crippen LogP contribution is 2.76. The van der Waals surface area contributed by atoms with Gasteiger partial charge in [-0.05, 0) is 42.6 Å². The second kappa shape index (κ2) is 5.49. The Bertz CT molecular complexity index is 820. The largest absolute Gasteiger partial charge is 0.462 e. The molecule has 0 aromatic carbocycles. The number of carbonyl (C=O) groups excluding carboxylic acids is 2. The van der Waals surface area contributed by atoms with Crippen LogP contribution in [0.15, 0.2) is 12.2 Å². The number of fused-ring (bicyclic) bond motifs is 2. The molecular weight excluding hydrogens is 376 g/mol. The number of aliphatic hydroxyl groups excluding tert-OH is 2. The van der Waals surface area contributed by atoms with Crippen LogP contribution in [-0.2, 0) is 19.1 Å². The van der Waals surface area contributed by atoms with Crippen LogP contribution in [0.3, 0.4) is 0 Å². The van der Waals surface area contributed by atoms with Crippen LogP contribution in [0.4, 0.5) is 0 Å². The smallest absolute Gasteiger partial charge is 0.302 e. The van der Waals surface area contributed by atoms with E-state index in [1.807, 2.05) is 13.8 Å². The van der Waals surface area contributed by atoms with Gasteiger partial charge in [-0.15, -0.1) is 0 Å². The summed E-state index contributed by atoms with van der Waals surface area (Å²) < 4.78 is 11.7. The van der Waals surface area contributed by atoms with E-state index in [4.69, 9.17) is 9.47 Å². The number of Topliss-reactive ketones (excluding diaryl/α,β-unsaturated/α-hetero) is 1. The van der Waals surface area contributed by atoms with Crippen molar-refractivity contribution in [2.45, 2.75) is 70.6 Å². The third-order valence-corrected chi connectivity index (χ3v) is 9.16. The average molecular weight is 406 g/mol. The monoisotopic (exact) mass is 406 g/mol. The van der Waals surface area contributed by atoms with Crippen molar-refractivity contribution >= 4 is 11.8 Å². The highest BCUT2D eigenvalue weighted by Gasteiger charge is 2.87. The Balaban J connectivity index is 1.79. The van der Waals surface area contributed by atoms with Gasteiger partial charge in [-0.25, -0.2) is 0 Å². The maximum Gasteiger partial charge on any atom is 0.302 e. The molecule has 0 amide bonds. The van der Waals surface area contributed by atoms with Gasteiger partial charge in [0, 0.05) is 24.2 Å². The number of esters is 1. The molecule has 160 valence electrons. The molecule has 2 aliphatic heterocycles. The number of ether oxygens (including phenoxy) is 2. The number of carbonyl (C=O) groups is 2. The van der Waals surface area contributed by atoms with Crippen LogP contribution in [-0.4, -0.2) is 57.8 Å². The van der Waals surface area contributed by atoms with E-state index < -0.39 is 64.4 Å². The minimum absolute atomic E-state index is 0.0795. The molecule has 4 aliphatic carbocycles. The molecule has 0 aromatic heterocycles. The van der Waals surface area contributed by atoms with Gasteiger partial charge < -0.3 is 24.8 Å². The second-order valence-electron chi connectivity index (χ2n) is 10.5. The molecule has 6 rings (SSSR count). The molecule has 2 saturated heterocycles. The normalized spacial score (nSPS) is 54.7. The van der Waals surface area contributed by atoms with Gasteiger partial charge in [-0.1, -0.05) is 20.4 Å². The Morgan fingerprint density at radius 3 is 2.55 bits per heavy atom. The summed E-state index contributed by atoms with van der Waals surface area (Å²) in [7, 11) is 0. The molecule has 6 aliphatic rings. The lowest BCUT2D eigenvalue weighted by Crippen LogP contribution is -2.85. The highest BCUT2D eigenvalue weighted by atomic mass is 16.6. The molecule has 6 fully saturated rings. The quantitative estimate of drug-likeness (QED) is 0.439. The highest BCUT2D eigenvalue weighted by molar-refractivity contribution is 6.05. The minimum atomic E-state index is -2.19. The summed E-state index contributed by atoms with van der Waals surface area (Å²) in [6, 6.07) is 0. The van der Waals surface area contributed by atoms with Crippen LogP contribution in [0.5, 0.6) is 0 Å². The predicted molar refractivity (Wildman–Crippen MR) is 100 cm³/mol. The van der Waals surface area contributed by atoms with Crippen molar-refractivity contribution in [1.82, 2.24) is 0 Å². The zero-order chi connectivity index (χ0) is 21.1. The van der Waals surface area contributed by atoms with Gasteiger partial charge in [-0.2, -0.15) is 0 Å². The predicted octanol–water partition coefficient (Wildman–Crippen LogP) is 0.946. The molecule has 4 bridgehead atoms. The van der Waals surface area contributed by atoms with E-state index in [-0.39, 0.29) is 12.0 Å². The summed E-state index contributed by atoms with van der Waals surface area (Å²) in [6.07, 6.45) is -0.674. The zero-order valence-electron chi connectivity index (χ0n) is 17.2. The number of hydrogen-bond acceptors (Lipinski definition) is 7. The molecule has 4 saturated carbocycles. The fraction of sp³-hybridized carbons (Fsp3) is 0.818. The standard InChI is InChI=1S/C22H30O7/c1-10-12-5-6-13-20-9-28-22(27,21(13,16(10)24)17(12)25)18(26)15(20)19(3,4)8-7-14(20)29-11(2)23/h12-15,17-18,25-27H,1,5-9H2,2-4H3/t12-,13+,14-,15+,17+,18-,20+,21-,22+/m0/s1. The molecule has 9 atom stereocenters. The Kier molecular flexibility index (Phi) is 3.73. The Hall–Kier alpha value is -1.28. The van der Waals surface area contributed by atoms with Gasteiger partial charge in [0.15, 0.2) is 5.78 Å². The third-order valence-electron chi connectivity index (χ3n) is 9.16. The SMILES string of the molecule is C=C1C(=O)[C@]23[C@H](O)[C@H]1CC[C@@H]2[C@@]12CO[C@]3(O)[C@@H](O)[C@@H]1C(C)(C)CC[C@@H]2OC(C)=O. The molecule has 7 nitrogen and oxygen atoms in total. The summed E-state index contributed by atoms with van der Waals surface area (Å²) in [6.45, 7) is 9.43. The molecule has 29 heavy (non-hydrogen) atoms. The van der Waals surface area contributed by atoms with Crippen LogP contribution >= 0.6 is 0 Å². The molecule has 0 unspecified atom stereocenters. The number of ketones is 1. The van der Waals surface area contributed by atoms with Crippen molar-refractivity contribution in [1.29, 1.82) is 0 Å². The maximum atomic E-state index is 13.5. The Morgan fingerprint density at radius 2 is 1.90 bits per heavy atom. The summed E-state index contributed by atoms with van der Waals surface area (Å²) in [5.74, 6) is -4.38. The van der Waals surface area contributed by atoms with Crippen LogP contribution < -0.4 is 0 Å². The van der Waals surface area contributed by atoms with E-state index in [9.17, 15) is 24.9 Å². The van der Waals surface area contributed by atoms with Crippen molar-refractivity contribution in [3.05, 3.63) is 12.2 Å². The van der Waals surface area contributed by atoms with Crippen LogP contribution in [0, 0.1) is 34.0 Å². The summed E-state index contributed by atoms with van der Waals surface area (Å²) in [5.41, 5.74) is -2.60. The van der Waals surface area contributed by atoms with Gasteiger partial charge in [0.05, 0.1) is 12.7 Å². The summed E-state index contributed by atoms with van der Waals surface area (Å²) in [4.78, 5) is 25.5. The first-order chi connectivity index (χ1) is 13.5. The number of rotatable bonds is 1. The Labute approximate surface area is 170 Å². The molecule has 2 spiro atoms. The lowest BCUT2D eigenvalue weighted by atomic mass is 9.35. The first kappa shape index (κ1) is 19.7. The number of hydrogen-bond donors (Lipinski definition) is 3. The van der Waals surface area contributed by atoms with E-state index in [2.05, 4.69) is 6.58 Å². The van der Waals surface area contributed by atoms with Crippen molar-refractivity contribution in [2.75, 3.05) is 6.61 Å². The van der Waals surface area contributed by atoms with Crippen LogP contribution in [0.1, 0.15) is 46.5 Å². The lowest BCUT2D eigenvalue weighted by molar-refractivity contribution is -0.458. The fourth-order valence-electron chi connectivity index (χ4n) is 8.24. The van der Waals surface area contributed by atoms with Crippen molar-refractivity contribution in [3.8, 4) is 0 Å². The molecule has 3 N–H and O–H groups in total. The number of aliphatic hydroxyl groups is 3. The van der Waals surface area contributed by atoms with E-state index in [1.54, 1.807) is 0 Å². The fourth-order valence-corrected chi connectivity index (χ4v) is 8.24. The summed E-state index contributed by atoms with van der Waals surface area (Å²) in [5, 5.41) is 34.5. The minimum Gasteiger partial charge on any atom is -0.462 e. The first-order valence-corrected chi connectivity index (χ1v) is 10.6. The van der Waals surface area contributed by atoms with E-state index in [0.717, 1.165) is 0 Å². The van der Waals surface area contributed by atoms with Crippen LogP contribution in [0.25, 0.3) is 0 Å². The van der Waals surface area contributed by atoms with E-state index >= 15 is 0 Å². The topological polar surface area (TPSA) is 113 Å². The van der Waals surface area contributed by atoms with Gasteiger partial charge in [0.2, 0.25) is 5.79 Å². The lowest BCUT2D eigenvalue weighted by Gasteiger charge is -2.74. The molecule has 2 heterocycles. The van der Waals surface area contributed by atoms with Gasteiger partial charge in [-0.3, -0.25) is 9.59 Å². The van der Waals surface area contributed by atoms with Crippen molar-refractivity contribution in [3.63, 3.8) is 0 Å². The summed E-state index contributed by atoms with van der Waals surface area (Å²) >= 11 is 0. The zero-order valence-corrected chi connectivity index (χ0v) is 17.2. The molecule has 0 aromatic rings. The molecule has 0 radical (unpaired) electrons. The average Bonchev–Trinajstić information content (AvgIpc) is 2.74. The van der Waals surface area contributed by atoms with Crippen molar-refractivity contribution in [2.24, 2.45) is 34.0 Å². The third kappa shape index (κ3) is 1.86. The van der Waals surface area contributed by atoms with E-state index in [0.29, 0.717) is 31.3 Å². The van der Waals surface area contributed by atoms with Gasteiger partial charge in [0.25, 0.3) is 0 Å². The maximum absolute atomic E-state index is 13.5. The molecular formula is C22H30O7. The Morgan fingerprint density at radius 1 is 1.21 bits per heavy atom. The van der Waals surface area contributed by atoms with Gasteiger partial charge in [0.1, 0.15) is 17.6 Å². The van der Waals surface area contributed by atoms with Crippen LogP contribution in [0.2, 0.25) is 0 Å². The van der Waals surface area contributed by atoms with E-state index in [1.165, 1.54) is 6.92 Å². The van der Waals surface area contributed by atoms with Crippen molar-refractivity contribution < 1.29 is 34.4 Å². The first-order valence-electron chi connectivity index (χ1n) is 10.6.